The normalized spacial score (nSPS) is 24.7. The topological polar surface area (TPSA) is 47.3 Å². The first-order valence-electron chi connectivity index (χ1n) is 6.83. The van der Waals surface area contributed by atoms with Crippen LogP contribution in [0, 0.1) is 0 Å². The first kappa shape index (κ1) is 13.4. The quantitative estimate of drug-likeness (QED) is 0.842. The van der Waals surface area contributed by atoms with Crippen LogP contribution in [0.2, 0.25) is 0 Å². The number of hydrogen-bond donors (Lipinski definition) is 2. The number of nitrogens with one attached hydrogen (secondary N) is 1. The Kier molecular flexibility index (Phi) is 4.25. The van der Waals surface area contributed by atoms with Gasteiger partial charge in [0.2, 0.25) is 0 Å². The lowest BCUT2D eigenvalue weighted by molar-refractivity contribution is 0.232. The van der Waals surface area contributed by atoms with Crippen LogP contribution in [-0.4, -0.2) is 18.2 Å². The molecule has 1 saturated carbocycles. The average Bonchev–Trinajstić information content (AvgIpc) is 2.26. The molecule has 3 heteroatoms. The Hall–Kier alpha value is -1.06. The van der Waals surface area contributed by atoms with Crippen molar-refractivity contribution in [1.82, 2.24) is 5.32 Å². The van der Waals surface area contributed by atoms with Gasteiger partial charge in [0, 0.05) is 23.7 Å². The van der Waals surface area contributed by atoms with E-state index in [0.29, 0.717) is 18.1 Å². The van der Waals surface area contributed by atoms with Gasteiger partial charge in [-0.2, -0.15) is 0 Å². The summed E-state index contributed by atoms with van der Waals surface area (Å²) in [7, 11) is 0. The van der Waals surface area contributed by atoms with Gasteiger partial charge in [-0.1, -0.05) is 18.2 Å². The van der Waals surface area contributed by atoms with E-state index in [1.807, 2.05) is 12.1 Å². The lowest BCUT2D eigenvalue weighted by Crippen LogP contribution is -2.49. The Morgan fingerprint density at radius 1 is 1.22 bits per heavy atom. The summed E-state index contributed by atoms with van der Waals surface area (Å²) in [5.41, 5.74) is 7.04. The SMILES string of the molecule is CC(C)Oc1ccccc1C(C)NC1CC(N)C1. The van der Waals surface area contributed by atoms with Gasteiger partial charge in [-0.25, -0.2) is 0 Å². The Labute approximate surface area is 110 Å². The fourth-order valence-electron chi connectivity index (χ4n) is 2.44. The molecule has 18 heavy (non-hydrogen) atoms. The van der Waals surface area contributed by atoms with E-state index in [4.69, 9.17) is 10.5 Å². The number of hydrogen-bond acceptors (Lipinski definition) is 3. The van der Waals surface area contributed by atoms with Crippen LogP contribution in [0.1, 0.15) is 45.2 Å². The van der Waals surface area contributed by atoms with Crippen LogP contribution in [0.15, 0.2) is 24.3 Å². The van der Waals surface area contributed by atoms with Crippen LogP contribution >= 0.6 is 0 Å². The van der Waals surface area contributed by atoms with Crippen molar-refractivity contribution in [2.45, 2.75) is 57.8 Å². The summed E-state index contributed by atoms with van der Waals surface area (Å²) in [4.78, 5) is 0. The van der Waals surface area contributed by atoms with Gasteiger partial charge < -0.3 is 15.8 Å². The maximum atomic E-state index is 5.86. The molecule has 0 heterocycles. The van der Waals surface area contributed by atoms with Crippen LogP contribution < -0.4 is 15.8 Å². The van der Waals surface area contributed by atoms with Gasteiger partial charge in [0.05, 0.1) is 6.10 Å². The Balaban J connectivity index is 2.02. The summed E-state index contributed by atoms with van der Waals surface area (Å²) in [6.45, 7) is 6.30. The van der Waals surface area contributed by atoms with Crippen LogP contribution in [0.3, 0.4) is 0 Å². The minimum atomic E-state index is 0.204. The van der Waals surface area contributed by atoms with Gasteiger partial charge in [-0.3, -0.25) is 0 Å². The number of ether oxygens (including phenoxy) is 1. The van der Waals surface area contributed by atoms with Crippen LogP contribution in [0.5, 0.6) is 5.75 Å². The fourth-order valence-corrected chi connectivity index (χ4v) is 2.44. The average molecular weight is 248 g/mol. The predicted octanol–water partition coefficient (Wildman–Crippen LogP) is 2.61. The van der Waals surface area contributed by atoms with E-state index in [-0.39, 0.29) is 6.10 Å². The molecule has 1 atom stereocenters. The molecule has 0 radical (unpaired) electrons. The number of benzene rings is 1. The van der Waals surface area contributed by atoms with Crippen molar-refractivity contribution in [2.24, 2.45) is 5.73 Å². The highest BCUT2D eigenvalue weighted by molar-refractivity contribution is 5.35. The van der Waals surface area contributed by atoms with Crippen LogP contribution in [0.25, 0.3) is 0 Å². The van der Waals surface area contributed by atoms with Crippen molar-refractivity contribution < 1.29 is 4.74 Å². The Morgan fingerprint density at radius 3 is 2.50 bits per heavy atom. The van der Waals surface area contributed by atoms with Crippen molar-refractivity contribution in [3.63, 3.8) is 0 Å². The largest absolute Gasteiger partial charge is 0.491 e. The second-order valence-corrected chi connectivity index (χ2v) is 5.52. The lowest BCUT2D eigenvalue weighted by Gasteiger charge is -2.35. The van der Waals surface area contributed by atoms with Gasteiger partial charge in [-0.15, -0.1) is 0 Å². The fraction of sp³-hybridized carbons (Fsp3) is 0.600. The highest BCUT2D eigenvalue weighted by Crippen LogP contribution is 2.28. The van der Waals surface area contributed by atoms with Gasteiger partial charge in [0.25, 0.3) is 0 Å². The summed E-state index contributed by atoms with van der Waals surface area (Å²) < 4.78 is 5.86. The molecule has 3 nitrogen and oxygen atoms in total. The number of nitrogens with two attached hydrogens (primary N) is 1. The molecule has 0 aliphatic heterocycles. The minimum Gasteiger partial charge on any atom is -0.491 e. The van der Waals surface area contributed by atoms with Crippen molar-refractivity contribution in [3.8, 4) is 5.75 Å². The highest BCUT2D eigenvalue weighted by Gasteiger charge is 2.27. The van der Waals surface area contributed by atoms with Gasteiger partial charge in [0.15, 0.2) is 0 Å². The van der Waals surface area contributed by atoms with E-state index in [2.05, 4.69) is 38.2 Å². The molecule has 1 aliphatic carbocycles. The molecule has 0 amide bonds. The zero-order valence-corrected chi connectivity index (χ0v) is 11.5. The second-order valence-electron chi connectivity index (χ2n) is 5.52. The molecular weight excluding hydrogens is 224 g/mol. The maximum absolute atomic E-state index is 5.86. The van der Waals surface area contributed by atoms with Crippen LogP contribution in [0.4, 0.5) is 0 Å². The van der Waals surface area contributed by atoms with Gasteiger partial charge >= 0.3 is 0 Å². The van der Waals surface area contributed by atoms with E-state index >= 15 is 0 Å². The molecule has 0 spiro atoms. The van der Waals surface area contributed by atoms with E-state index in [1.165, 1.54) is 5.56 Å². The lowest BCUT2D eigenvalue weighted by atomic mass is 9.86. The molecular formula is C15H24N2O. The first-order valence-corrected chi connectivity index (χ1v) is 6.83. The molecule has 2 rings (SSSR count). The first-order chi connectivity index (χ1) is 8.56. The predicted molar refractivity (Wildman–Crippen MR) is 74.8 cm³/mol. The summed E-state index contributed by atoms with van der Waals surface area (Å²) in [5.74, 6) is 0.983. The molecule has 1 aromatic rings. The van der Waals surface area contributed by atoms with E-state index in [1.54, 1.807) is 0 Å². The highest BCUT2D eigenvalue weighted by atomic mass is 16.5. The van der Waals surface area contributed by atoms with Crippen molar-refractivity contribution in [3.05, 3.63) is 29.8 Å². The summed E-state index contributed by atoms with van der Waals surface area (Å²) in [6.07, 6.45) is 2.37. The number of rotatable bonds is 5. The molecule has 3 N–H and O–H groups in total. The van der Waals surface area contributed by atoms with Gasteiger partial charge in [0.1, 0.15) is 5.75 Å². The monoisotopic (exact) mass is 248 g/mol. The van der Waals surface area contributed by atoms with Crippen LogP contribution in [-0.2, 0) is 0 Å². The van der Waals surface area contributed by atoms with Crippen molar-refractivity contribution in [1.29, 1.82) is 0 Å². The zero-order valence-electron chi connectivity index (χ0n) is 11.5. The second kappa shape index (κ2) is 5.72. The smallest absolute Gasteiger partial charge is 0.124 e. The van der Waals surface area contributed by atoms with E-state index < -0.39 is 0 Å². The Morgan fingerprint density at radius 2 is 1.89 bits per heavy atom. The minimum absolute atomic E-state index is 0.204. The van der Waals surface area contributed by atoms with E-state index in [0.717, 1.165) is 18.6 Å². The van der Waals surface area contributed by atoms with Crippen molar-refractivity contribution in [2.75, 3.05) is 0 Å². The third-order valence-electron chi connectivity index (χ3n) is 3.41. The van der Waals surface area contributed by atoms with E-state index in [9.17, 15) is 0 Å². The van der Waals surface area contributed by atoms with Gasteiger partial charge in [-0.05, 0) is 39.7 Å². The third-order valence-corrected chi connectivity index (χ3v) is 3.41. The molecule has 1 aliphatic rings. The summed E-state index contributed by atoms with van der Waals surface area (Å²) >= 11 is 0. The maximum Gasteiger partial charge on any atom is 0.124 e. The number of para-hydroxylation sites is 1. The molecule has 0 aromatic heterocycles. The molecule has 1 aromatic carbocycles. The molecule has 0 saturated heterocycles. The Bertz CT molecular complexity index is 386. The third kappa shape index (κ3) is 3.24. The molecule has 1 unspecified atom stereocenters. The molecule has 1 fully saturated rings. The molecule has 100 valence electrons. The standard InChI is InChI=1S/C15H24N2O/c1-10(2)18-15-7-5-4-6-14(15)11(3)17-13-8-12(16)9-13/h4-7,10-13,17H,8-9,16H2,1-3H3. The molecule has 0 bridgehead atoms. The summed E-state index contributed by atoms with van der Waals surface area (Å²) in [6, 6.07) is 9.51. The summed E-state index contributed by atoms with van der Waals surface area (Å²) in [5, 5.41) is 3.62. The zero-order chi connectivity index (χ0) is 13.1. The van der Waals surface area contributed by atoms with Crippen molar-refractivity contribution >= 4 is 0 Å².